The van der Waals surface area contributed by atoms with Gasteiger partial charge in [-0.05, 0) is 56.5 Å². The number of carbonyl (C=O) groups excluding carboxylic acids is 2. The van der Waals surface area contributed by atoms with Gasteiger partial charge in [-0.1, -0.05) is 37.8 Å². The summed E-state index contributed by atoms with van der Waals surface area (Å²) in [5, 5.41) is 14.7. The van der Waals surface area contributed by atoms with Crippen LogP contribution in [0.15, 0.2) is 29.2 Å². The maximum absolute atomic E-state index is 11.4. The first-order chi connectivity index (χ1) is 13.4. The molecule has 0 saturated heterocycles. The molecule has 0 spiro atoms. The number of carboxylic acid groups (broad SMARTS) is 1. The van der Waals surface area contributed by atoms with Crippen LogP contribution in [0.1, 0.15) is 69.3 Å². The molecule has 0 heterocycles. The Hall–Kier alpha value is -0.770. The van der Waals surface area contributed by atoms with Gasteiger partial charge in [0.05, 0.1) is 4.90 Å². The fraction of sp³-hybridized carbons (Fsp3) is 0.600. The molecule has 1 unspecified atom stereocenters. The number of hydrogen-bond donors (Lipinski definition) is 2. The van der Waals surface area contributed by atoms with Crippen molar-refractivity contribution in [3.05, 3.63) is 29.8 Å². The number of benzene rings is 1. The van der Waals surface area contributed by atoms with Crippen LogP contribution in [-0.2, 0) is 19.7 Å². The molecule has 2 N–H and O–H groups in total. The van der Waals surface area contributed by atoms with E-state index >= 15 is 0 Å². The Morgan fingerprint density at radius 2 is 1.55 bits per heavy atom. The third-order valence-corrected chi connectivity index (χ3v) is 5.50. The van der Waals surface area contributed by atoms with E-state index in [4.69, 9.17) is 4.55 Å². The van der Waals surface area contributed by atoms with E-state index in [0.717, 1.165) is 57.9 Å². The molecule has 0 aliphatic carbocycles. The van der Waals surface area contributed by atoms with Gasteiger partial charge in [0.2, 0.25) is 0 Å². The van der Waals surface area contributed by atoms with Crippen LogP contribution in [0.25, 0.3) is 0 Å². The summed E-state index contributed by atoms with van der Waals surface area (Å²) in [7, 11) is -4.29. The Morgan fingerprint density at radius 1 is 1.00 bits per heavy atom. The predicted octanol–water partition coefficient (Wildman–Crippen LogP) is -0.930. The van der Waals surface area contributed by atoms with Crippen molar-refractivity contribution in [2.75, 3.05) is 13.1 Å². The largest absolute Gasteiger partial charge is 1.00 e. The van der Waals surface area contributed by atoms with Crippen LogP contribution >= 0.6 is 0 Å². The zero-order valence-electron chi connectivity index (χ0n) is 17.1. The molecule has 1 aromatic carbocycles. The standard InChI is InChI=1S/C20H31NO6S.Na/c22-16-8-4-2-1-3-6-14-21-15-7-5-9-19(20(23)24)17-10-12-18(13-11-17)28(25,26)27;/h10-13,16,19,21H,1-9,14-15H2,(H,23,24)(H,25,26,27);/q;+1/p-1. The Kier molecular flexibility index (Phi) is 15.6. The summed E-state index contributed by atoms with van der Waals surface area (Å²) >= 11 is 0. The number of hydrogen-bond acceptors (Lipinski definition) is 6. The van der Waals surface area contributed by atoms with E-state index in [2.05, 4.69) is 5.32 Å². The van der Waals surface area contributed by atoms with Gasteiger partial charge < -0.3 is 20.0 Å². The van der Waals surface area contributed by atoms with Crippen LogP contribution in [0.5, 0.6) is 0 Å². The van der Waals surface area contributed by atoms with Crippen LogP contribution in [-0.4, -0.2) is 38.3 Å². The maximum atomic E-state index is 11.4. The van der Waals surface area contributed by atoms with Crippen molar-refractivity contribution in [2.24, 2.45) is 0 Å². The molecule has 7 nitrogen and oxygen atoms in total. The summed E-state index contributed by atoms with van der Waals surface area (Å²) in [6.45, 7) is 1.74. The Morgan fingerprint density at radius 3 is 2.10 bits per heavy atom. The van der Waals surface area contributed by atoms with Crippen molar-refractivity contribution >= 4 is 22.4 Å². The molecular weight excluding hydrogens is 405 g/mol. The van der Waals surface area contributed by atoms with Gasteiger partial charge in [-0.25, -0.2) is 0 Å². The van der Waals surface area contributed by atoms with Crippen molar-refractivity contribution in [1.82, 2.24) is 5.32 Å². The molecule has 1 aromatic rings. The topological polar surface area (TPSA) is 124 Å². The zero-order valence-corrected chi connectivity index (χ0v) is 20.0. The minimum Gasteiger partial charge on any atom is -0.549 e. The summed E-state index contributed by atoms with van der Waals surface area (Å²) in [5.41, 5.74) is 0.468. The second kappa shape index (κ2) is 16.0. The van der Waals surface area contributed by atoms with E-state index in [1.54, 1.807) is 0 Å². The van der Waals surface area contributed by atoms with Crippen molar-refractivity contribution in [3.8, 4) is 0 Å². The van der Waals surface area contributed by atoms with Gasteiger partial charge in [0.25, 0.3) is 10.1 Å². The van der Waals surface area contributed by atoms with Gasteiger partial charge in [0.1, 0.15) is 6.29 Å². The minimum atomic E-state index is -4.29. The van der Waals surface area contributed by atoms with Crippen molar-refractivity contribution in [3.63, 3.8) is 0 Å². The van der Waals surface area contributed by atoms with E-state index < -0.39 is 22.0 Å². The quantitative estimate of drug-likeness (QED) is 0.149. The molecule has 0 aliphatic heterocycles. The van der Waals surface area contributed by atoms with E-state index in [1.807, 2.05) is 0 Å². The average molecular weight is 436 g/mol. The van der Waals surface area contributed by atoms with Crippen molar-refractivity contribution in [1.29, 1.82) is 0 Å². The van der Waals surface area contributed by atoms with Crippen LogP contribution in [0.2, 0.25) is 0 Å². The number of aldehydes is 1. The zero-order chi connectivity index (χ0) is 20.8. The van der Waals surface area contributed by atoms with Crippen molar-refractivity contribution in [2.45, 2.75) is 68.6 Å². The van der Waals surface area contributed by atoms with Gasteiger partial charge in [-0.2, -0.15) is 8.42 Å². The Bertz CT molecular complexity index is 693. The third-order valence-electron chi connectivity index (χ3n) is 4.64. The molecule has 0 saturated carbocycles. The second-order valence-electron chi connectivity index (χ2n) is 6.88. The fourth-order valence-electron chi connectivity index (χ4n) is 3.02. The average Bonchev–Trinajstić information content (AvgIpc) is 2.65. The first kappa shape index (κ1) is 28.2. The number of unbranched alkanes of at least 4 members (excludes halogenated alkanes) is 6. The molecule has 158 valence electrons. The summed E-state index contributed by atoms with van der Waals surface area (Å²) in [4.78, 5) is 21.3. The summed E-state index contributed by atoms with van der Waals surface area (Å²) in [5.74, 6) is -2.00. The fourth-order valence-corrected chi connectivity index (χ4v) is 3.50. The van der Waals surface area contributed by atoms with Gasteiger partial charge in [-0.15, -0.1) is 0 Å². The maximum Gasteiger partial charge on any atom is 1.00 e. The molecule has 1 rings (SSSR count). The first-order valence-electron chi connectivity index (χ1n) is 9.79. The Balaban J connectivity index is 0.00000784. The predicted molar refractivity (Wildman–Crippen MR) is 104 cm³/mol. The van der Waals surface area contributed by atoms with E-state index in [0.29, 0.717) is 24.8 Å². The first-order valence-corrected chi connectivity index (χ1v) is 11.2. The molecule has 0 fully saturated rings. The molecule has 0 radical (unpaired) electrons. The normalized spacial score (nSPS) is 12.2. The SMILES string of the molecule is O=CCCCCCCCNCCCCC(C(=O)[O-])c1ccc(S(=O)(=O)O)cc1.[Na+]. The van der Waals surface area contributed by atoms with Crippen molar-refractivity contribution < 1.29 is 57.2 Å². The molecule has 29 heavy (non-hydrogen) atoms. The number of carboxylic acids is 1. The molecule has 9 heteroatoms. The third kappa shape index (κ3) is 12.5. The Labute approximate surface area is 195 Å². The summed E-state index contributed by atoms with van der Waals surface area (Å²) in [6, 6.07) is 5.19. The van der Waals surface area contributed by atoms with Gasteiger partial charge in [-0.3, -0.25) is 4.55 Å². The number of nitrogens with one attached hydrogen (secondary N) is 1. The van der Waals surface area contributed by atoms with Crippen LogP contribution in [0, 0.1) is 0 Å². The molecule has 0 amide bonds. The number of aliphatic carboxylic acids is 1. The molecule has 0 aromatic heterocycles. The molecule has 0 aliphatic rings. The van der Waals surface area contributed by atoms with Crippen LogP contribution < -0.4 is 40.0 Å². The van der Waals surface area contributed by atoms with E-state index in [-0.39, 0.29) is 34.5 Å². The number of carbonyl (C=O) groups is 2. The summed E-state index contributed by atoms with van der Waals surface area (Å²) < 4.78 is 31.1. The second-order valence-corrected chi connectivity index (χ2v) is 8.31. The molecular formula is C20H30NNaO6S. The summed E-state index contributed by atoms with van der Waals surface area (Å²) in [6.07, 6.45) is 8.98. The van der Waals surface area contributed by atoms with Gasteiger partial charge >= 0.3 is 29.6 Å². The smallest absolute Gasteiger partial charge is 0.549 e. The molecule has 0 bridgehead atoms. The van der Waals surface area contributed by atoms with Gasteiger partial charge in [0.15, 0.2) is 0 Å². The monoisotopic (exact) mass is 435 g/mol. The number of rotatable bonds is 16. The minimum absolute atomic E-state index is 0. The van der Waals surface area contributed by atoms with E-state index in [1.165, 1.54) is 24.3 Å². The van der Waals surface area contributed by atoms with E-state index in [9.17, 15) is 23.1 Å². The van der Waals surface area contributed by atoms with Crippen LogP contribution in [0.4, 0.5) is 0 Å². The van der Waals surface area contributed by atoms with Crippen LogP contribution in [0.3, 0.4) is 0 Å². The molecule has 1 atom stereocenters. The van der Waals surface area contributed by atoms with Gasteiger partial charge in [0, 0.05) is 18.3 Å².